The van der Waals surface area contributed by atoms with Crippen molar-refractivity contribution in [1.82, 2.24) is 19.9 Å². The molecule has 4 nitrogen and oxygen atoms in total. The minimum atomic E-state index is 1.07. The van der Waals surface area contributed by atoms with E-state index in [4.69, 9.17) is 0 Å². The molecule has 0 unspecified atom stereocenters. The van der Waals surface area contributed by atoms with Crippen LogP contribution in [0, 0.1) is 27.7 Å². The molecule has 0 aliphatic heterocycles. The number of hydrogen-bond donors (Lipinski definition) is 1. The molecule has 4 aromatic heterocycles. The van der Waals surface area contributed by atoms with Gasteiger partial charge in [-0.3, -0.25) is 15.0 Å². The fourth-order valence-corrected chi connectivity index (χ4v) is 1.74. The van der Waals surface area contributed by atoms with Crippen LogP contribution in [0.1, 0.15) is 22.5 Å². The minimum absolute atomic E-state index is 1.07. The number of nitrogens with zero attached hydrogens (tertiary/aromatic N) is 3. The van der Waals surface area contributed by atoms with Gasteiger partial charge in [-0.25, -0.2) is 0 Å². The molecule has 4 aromatic rings. The number of H-pyrrole nitrogens is 1. The van der Waals surface area contributed by atoms with Crippen molar-refractivity contribution in [2.45, 2.75) is 27.7 Å². The van der Waals surface area contributed by atoms with Gasteiger partial charge in [0.05, 0.1) is 0 Å². The van der Waals surface area contributed by atoms with E-state index >= 15 is 0 Å². The summed E-state index contributed by atoms with van der Waals surface area (Å²) in [4.78, 5) is 14.7. The minimum Gasteiger partial charge on any atom is -0.365 e. The summed E-state index contributed by atoms with van der Waals surface area (Å²) >= 11 is 0. The number of nitrogens with one attached hydrogen (secondary N) is 1. The summed E-state index contributed by atoms with van der Waals surface area (Å²) in [7, 11) is 0. The lowest BCUT2D eigenvalue weighted by atomic mass is 10.3. The van der Waals surface area contributed by atoms with Gasteiger partial charge in [0.15, 0.2) is 0 Å². The maximum atomic E-state index is 3.98. The zero-order valence-corrected chi connectivity index (χ0v) is 16.5. The van der Waals surface area contributed by atoms with E-state index in [1.54, 1.807) is 24.8 Å². The number of rotatable bonds is 0. The van der Waals surface area contributed by atoms with Gasteiger partial charge in [0, 0.05) is 48.6 Å². The molecule has 0 aliphatic carbocycles. The van der Waals surface area contributed by atoms with E-state index < -0.39 is 0 Å². The highest BCUT2D eigenvalue weighted by atomic mass is 14.7. The van der Waals surface area contributed by atoms with Crippen molar-refractivity contribution in [2.24, 2.45) is 0 Å². The van der Waals surface area contributed by atoms with Gasteiger partial charge in [-0.1, -0.05) is 12.1 Å². The molecule has 4 heteroatoms. The van der Waals surface area contributed by atoms with Crippen molar-refractivity contribution in [2.75, 3.05) is 0 Å². The van der Waals surface area contributed by atoms with Crippen LogP contribution < -0.4 is 0 Å². The van der Waals surface area contributed by atoms with Crippen LogP contribution in [0.15, 0.2) is 91.8 Å². The van der Waals surface area contributed by atoms with Gasteiger partial charge in [-0.2, -0.15) is 0 Å². The lowest BCUT2D eigenvalue weighted by molar-refractivity contribution is 1.20. The van der Waals surface area contributed by atoms with Crippen LogP contribution in [0.2, 0.25) is 0 Å². The number of aromatic nitrogens is 4. The van der Waals surface area contributed by atoms with Gasteiger partial charge < -0.3 is 4.98 Å². The Morgan fingerprint density at radius 3 is 1.67 bits per heavy atom. The highest BCUT2D eigenvalue weighted by Crippen LogP contribution is 1.89. The van der Waals surface area contributed by atoms with E-state index in [2.05, 4.69) is 19.9 Å². The van der Waals surface area contributed by atoms with Crippen LogP contribution in [0.25, 0.3) is 0 Å². The van der Waals surface area contributed by atoms with Crippen molar-refractivity contribution in [3.05, 3.63) is 114 Å². The molecule has 0 amide bonds. The monoisotopic (exact) mass is 360 g/mol. The molecule has 27 heavy (non-hydrogen) atoms. The van der Waals surface area contributed by atoms with Crippen molar-refractivity contribution in [1.29, 1.82) is 0 Å². The standard InChI is InChI=1S/3C6H7N.C5H7N/c1-6-2-4-7-5-3-6;1-6-3-2-4-7-5-6;1-6-4-2-3-5-7-6;1-5-3-2-4-6-5/h3*2-5H,1H3;2-4,6H,1H3. The third kappa shape index (κ3) is 12.7. The van der Waals surface area contributed by atoms with E-state index in [-0.39, 0.29) is 0 Å². The number of aryl methyl sites for hydroxylation is 4. The Morgan fingerprint density at radius 1 is 0.630 bits per heavy atom. The lowest BCUT2D eigenvalue weighted by Crippen LogP contribution is -1.72. The molecule has 0 saturated heterocycles. The van der Waals surface area contributed by atoms with Crippen LogP contribution in [0.3, 0.4) is 0 Å². The van der Waals surface area contributed by atoms with E-state index in [9.17, 15) is 0 Å². The molecule has 0 aliphatic rings. The summed E-state index contributed by atoms with van der Waals surface area (Å²) in [6.07, 6.45) is 10.9. The molecule has 0 aromatic carbocycles. The van der Waals surface area contributed by atoms with Gasteiger partial charge in [0.2, 0.25) is 0 Å². The molecule has 140 valence electrons. The van der Waals surface area contributed by atoms with Crippen LogP contribution in [0.5, 0.6) is 0 Å². The van der Waals surface area contributed by atoms with Crippen LogP contribution in [-0.2, 0) is 0 Å². The molecule has 0 bridgehead atoms. The summed E-state index contributed by atoms with van der Waals surface area (Å²) < 4.78 is 0. The first-order chi connectivity index (χ1) is 13.1. The molecule has 1 N–H and O–H groups in total. The van der Waals surface area contributed by atoms with Crippen LogP contribution in [0.4, 0.5) is 0 Å². The Morgan fingerprint density at radius 2 is 1.41 bits per heavy atom. The van der Waals surface area contributed by atoms with E-state index in [1.807, 2.05) is 94.7 Å². The largest absolute Gasteiger partial charge is 0.365 e. The summed E-state index contributed by atoms with van der Waals surface area (Å²) in [6, 6.07) is 17.8. The Bertz CT molecular complexity index is 710. The van der Waals surface area contributed by atoms with E-state index in [0.29, 0.717) is 0 Å². The first-order valence-corrected chi connectivity index (χ1v) is 8.79. The average Bonchev–Trinajstić information content (AvgIpc) is 3.16. The van der Waals surface area contributed by atoms with Gasteiger partial charge in [0.1, 0.15) is 0 Å². The summed E-state index contributed by atoms with van der Waals surface area (Å²) in [5.41, 5.74) is 4.76. The van der Waals surface area contributed by atoms with E-state index in [0.717, 1.165) is 5.69 Å². The number of pyridine rings is 3. The Hall–Kier alpha value is -3.27. The fourth-order valence-electron chi connectivity index (χ4n) is 1.74. The van der Waals surface area contributed by atoms with Gasteiger partial charge >= 0.3 is 0 Å². The van der Waals surface area contributed by atoms with Gasteiger partial charge in [0.25, 0.3) is 0 Å². The smallest absolute Gasteiger partial charge is 0.0372 e. The summed E-state index contributed by atoms with van der Waals surface area (Å²) in [5, 5.41) is 0. The van der Waals surface area contributed by atoms with Crippen LogP contribution in [-0.4, -0.2) is 19.9 Å². The SMILES string of the molecule is Cc1ccc[nH]1.Cc1ccccn1.Cc1cccnc1.Cc1ccncc1. The normalized spacial score (nSPS) is 8.74. The van der Waals surface area contributed by atoms with Gasteiger partial charge in [-0.15, -0.1) is 0 Å². The van der Waals surface area contributed by atoms with Crippen molar-refractivity contribution >= 4 is 0 Å². The van der Waals surface area contributed by atoms with Gasteiger partial charge in [-0.05, 0) is 81.3 Å². The first kappa shape index (κ1) is 21.8. The second kappa shape index (κ2) is 14.0. The molecular weight excluding hydrogens is 332 g/mol. The summed E-state index contributed by atoms with van der Waals surface area (Å²) in [6.45, 7) is 8.06. The average molecular weight is 361 g/mol. The molecule has 4 heterocycles. The zero-order valence-electron chi connectivity index (χ0n) is 16.5. The quantitative estimate of drug-likeness (QED) is 0.451. The molecular formula is C23H28N4. The number of hydrogen-bond acceptors (Lipinski definition) is 3. The topological polar surface area (TPSA) is 54.5 Å². The van der Waals surface area contributed by atoms with E-state index in [1.165, 1.54) is 16.8 Å². The Balaban J connectivity index is 0.000000180. The predicted molar refractivity (Wildman–Crippen MR) is 112 cm³/mol. The second-order valence-electron chi connectivity index (χ2n) is 5.88. The highest BCUT2D eigenvalue weighted by Gasteiger charge is 1.74. The second-order valence-corrected chi connectivity index (χ2v) is 5.88. The highest BCUT2D eigenvalue weighted by molar-refractivity contribution is 5.06. The Kier molecular flexibility index (Phi) is 11.3. The summed E-state index contributed by atoms with van der Waals surface area (Å²) in [5.74, 6) is 0. The first-order valence-electron chi connectivity index (χ1n) is 8.79. The van der Waals surface area contributed by atoms with Crippen molar-refractivity contribution in [3.63, 3.8) is 0 Å². The van der Waals surface area contributed by atoms with Crippen LogP contribution >= 0.6 is 0 Å². The van der Waals surface area contributed by atoms with Crippen molar-refractivity contribution in [3.8, 4) is 0 Å². The molecule has 0 fully saturated rings. The lowest BCUT2D eigenvalue weighted by Gasteiger charge is -1.82. The molecule has 0 saturated carbocycles. The number of aromatic amines is 1. The third-order valence-electron chi connectivity index (χ3n) is 3.22. The maximum absolute atomic E-state index is 3.98. The Labute approximate surface area is 162 Å². The van der Waals surface area contributed by atoms with Crippen molar-refractivity contribution < 1.29 is 0 Å². The zero-order chi connectivity index (χ0) is 19.7. The predicted octanol–water partition coefficient (Wildman–Crippen LogP) is 5.49. The molecule has 0 spiro atoms. The maximum Gasteiger partial charge on any atom is 0.0372 e. The molecule has 4 rings (SSSR count). The third-order valence-corrected chi connectivity index (χ3v) is 3.22. The molecule has 0 radical (unpaired) electrons. The fraction of sp³-hybridized carbons (Fsp3) is 0.174. The molecule has 0 atom stereocenters.